The molecule has 0 atom stereocenters. The fourth-order valence-corrected chi connectivity index (χ4v) is 0.977. The van der Waals surface area contributed by atoms with E-state index in [-0.39, 0.29) is 5.56 Å². The third-order valence-electron chi connectivity index (χ3n) is 1.58. The lowest BCUT2D eigenvalue weighted by Crippen LogP contribution is -2.10. The lowest BCUT2D eigenvalue weighted by molar-refractivity contribution is -0.140. The Morgan fingerprint density at radius 1 is 1.20 bits per heavy atom. The molecule has 0 heterocycles. The van der Waals surface area contributed by atoms with E-state index in [0.717, 1.165) is 6.21 Å². The van der Waals surface area contributed by atoms with Crippen LogP contribution in [0.5, 0.6) is 0 Å². The number of benzene rings is 1. The number of hydrogen-bond acceptors (Lipinski definition) is 2. The molecule has 2 N–H and O–H groups in total. The Morgan fingerprint density at radius 2 is 1.80 bits per heavy atom. The fraction of sp³-hybridized carbons (Fsp3) is 0.125. The Labute approximate surface area is 81.2 Å². The van der Waals surface area contributed by atoms with Crippen molar-refractivity contribution in [2.45, 2.75) is 6.18 Å². The number of nitrogens with two attached hydrogens (primary N) is 1. The Hall–Kier alpha value is -1.66. The monoisotopic (exact) mass is 224 g/mol. The number of nitrogens with zero attached hydrogens (tertiary/aromatic N) is 1. The minimum Gasteiger partial charge on any atom is -0.323 e. The highest BCUT2D eigenvalue weighted by molar-refractivity contribution is 5.79. The maximum Gasteiger partial charge on any atom is 0.419 e. The molecule has 82 valence electrons. The second-order valence-electron chi connectivity index (χ2n) is 2.64. The summed E-state index contributed by atoms with van der Waals surface area (Å²) in [5.74, 6) is 1.15. The van der Waals surface area contributed by atoms with Gasteiger partial charge in [-0.1, -0.05) is 0 Å². The SMILES string of the molecule is NN=Cc1cc(F)c(F)c(C(F)(F)F)c1. The van der Waals surface area contributed by atoms with Crippen LogP contribution in [0.4, 0.5) is 22.0 Å². The van der Waals surface area contributed by atoms with Crippen molar-refractivity contribution in [3.63, 3.8) is 0 Å². The maximum absolute atomic E-state index is 12.7. The summed E-state index contributed by atoms with van der Waals surface area (Å²) in [6.45, 7) is 0. The normalized spacial score (nSPS) is 12.3. The van der Waals surface area contributed by atoms with Crippen molar-refractivity contribution >= 4 is 6.21 Å². The molecule has 0 saturated heterocycles. The van der Waals surface area contributed by atoms with Crippen LogP contribution >= 0.6 is 0 Å². The van der Waals surface area contributed by atoms with Crippen molar-refractivity contribution < 1.29 is 22.0 Å². The first kappa shape index (κ1) is 11.4. The number of rotatable bonds is 1. The number of hydrogen-bond donors (Lipinski definition) is 1. The highest BCUT2D eigenvalue weighted by Gasteiger charge is 2.35. The minimum absolute atomic E-state index is 0.260. The fourth-order valence-electron chi connectivity index (χ4n) is 0.977. The van der Waals surface area contributed by atoms with Gasteiger partial charge in [-0.25, -0.2) is 8.78 Å². The minimum atomic E-state index is -4.95. The molecule has 0 radical (unpaired) electrons. The molecular formula is C8H5F5N2. The second kappa shape index (κ2) is 3.84. The molecule has 0 aliphatic heterocycles. The largest absolute Gasteiger partial charge is 0.419 e. The lowest BCUT2D eigenvalue weighted by atomic mass is 10.1. The highest BCUT2D eigenvalue weighted by Crippen LogP contribution is 2.32. The van der Waals surface area contributed by atoms with Crippen molar-refractivity contribution in [3.05, 3.63) is 34.9 Å². The zero-order valence-electron chi connectivity index (χ0n) is 7.15. The van der Waals surface area contributed by atoms with E-state index in [9.17, 15) is 22.0 Å². The van der Waals surface area contributed by atoms with Crippen molar-refractivity contribution in [1.82, 2.24) is 0 Å². The molecule has 0 amide bonds. The predicted octanol–water partition coefficient (Wildman–Crippen LogP) is 2.28. The standard InChI is InChI=1S/C8H5F5N2/c9-6-2-4(3-15-14)1-5(7(6)10)8(11,12)13/h1-3H,14H2. The van der Waals surface area contributed by atoms with Crippen molar-refractivity contribution in [3.8, 4) is 0 Å². The van der Waals surface area contributed by atoms with Crippen LogP contribution < -0.4 is 5.84 Å². The van der Waals surface area contributed by atoms with Crippen LogP contribution in [0.1, 0.15) is 11.1 Å². The molecule has 1 aromatic rings. The summed E-state index contributed by atoms with van der Waals surface area (Å²) in [7, 11) is 0. The third kappa shape index (κ3) is 2.42. The van der Waals surface area contributed by atoms with Crippen molar-refractivity contribution in [2.24, 2.45) is 10.9 Å². The van der Waals surface area contributed by atoms with Crippen LogP contribution in [0.25, 0.3) is 0 Å². The lowest BCUT2D eigenvalue weighted by Gasteiger charge is -2.09. The molecule has 0 bridgehead atoms. The van der Waals surface area contributed by atoms with Gasteiger partial charge in [-0.05, 0) is 17.7 Å². The Kier molecular flexibility index (Phi) is 2.92. The zero-order chi connectivity index (χ0) is 11.6. The van der Waals surface area contributed by atoms with Gasteiger partial charge in [0.15, 0.2) is 11.6 Å². The predicted molar refractivity (Wildman–Crippen MR) is 43.1 cm³/mol. The number of alkyl halides is 3. The first-order valence-electron chi connectivity index (χ1n) is 3.65. The zero-order valence-corrected chi connectivity index (χ0v) is 7.15. The molecule has 1 aromatic carbocycles. The number of halogens is 5. The van der Waals surface area contributed by atoms with Gasteiger partial charge in [0.2, 0.25) is 0 Å². The summed E-state index contributed by atoms with van der Waals surface area (Å²) in [5.41, 5.74) is -1.94. The Balaban J connectivity index is 3.38. The summed E-state index contributed by atoms with van der Waals surface area (Å²) >= 11 is 0. The van der Waals surface area contributed by atoms with E-state index in [1.807, 2.05) is 0 Å². The summed E-state index contributed by atoms with van der Waals surface area (Å²) < 4.78 is 62.0. The van der Waals surface area contributed by atoms with Crippen LogP contribution in [0.3, 0.4) is 0 Å². The molecule has 0 unspecified atom stereocenters. The van der Waals surface area contributed by atoms with E-state index in [0.29, 0.717) is 12.1 Å². The van der Waals surface area contributed by atoms with Crippen LogP contribution in [0.15, 0.2) is 17.2 Å². The van der Waals surface area contributed by atoms with Crippen LogP contribution in [-0.4, -0.2) is 6.21 Å². The van der Waals surface area contributed by atoms with Gasteiger partial charge in [-0.15, -0.1) is 0 Å². The molecule has 2 nitrogen and oxygen atoms in total. The molecule has 0 fully saturated rings. The molecule has 7 heteroatoms. The molecule has 0 aliphatic carbocycles. The van der Waals surface area contributed by atoms with Crippen LogP contribution in [0, 0.1) is 11.6 Å². The van der Waals surface area contributed by atoms with E-state index in [4.69, 9.17) is 0 Å². The summed E-state index contributed by atoms with van der Waals surface area (Å²) in [4.78, 5) is 0. The van der Waals surface area contributed by atoms with Crippen LogP contribution in [-0.2, 0) is 6.18 Å². The molecule has 1 rings (SSSR count). The van der Waals surface area contributed by atoms with E-state index < -0.39 is 23.4 Å². The maximum atomic E-state index is 12.7. The van der Waals surface area contributed by atoms with Gasteiger partial charge in [-0.3, -0.25) is 0 Å². The van der Waals surface area contributed by atoms with E-state index in [2.05, 4.69) is 10.9 Å². The topological polar surface area (TPSA) is 38.4 Å². The van der Waals surface area contributed by atoms with E-state index in [1.165, 1.54) is 0 Å². The van der Waals surface area contributed by atoms with Gasteiger partial charge >= 0.3 is 6.18 Å². The van der Waals surface area contributed by atoms with Gasteiger partial charge in [0.05, 0.1) is 11.8 Å². The summed E-state index contributed by atoms with van der Waals surface area (Å²) in [6.07, 6.45) is -4.17. The molecular weight excluding hydrogens is 219 g/mol. The molecule has 0 aromatic heterocycles. The van der Waals surface area contributed by atoms with Gasteiger partial charge in [0, 0.05) is 0 Å². The van der Waals surface area contributed by atoms with Crippen molar-refractivity contribution in [2.75, 3.05) is 0 Å². The molecule has 15 heavy (non-hydrogen) atoms. The third-order valence-corrected chi connectivity index (χ3v) is 1.58. The Bertz CT molecular complexity index is 397. The Morgan fingerprint density at radius 3 is 2.27 bits per heavy atom. The van der Waals surface area contributed by atoms with Gasteiger partial charge < -0.3 is 5.84 Å². The van der Waals surface area contributed by atoms with E-state index >= 15 is 0 Å². The van der Waals surface area contributed by atoms with Gasteiger partial charge in [-0.2, -0.15) is 18.3 Å². The smallest absolute Gasteiger partial charge is 0.323 e. The van der Waals surface area contributed by atoms with Gasteiger partial charge in [0.1, 0.15) is 0 Å². The average molecular weight is 224 g/mol. The second-order valence-corrected chi connectivity index (χ2v) is 2.64. The average Bonchev–Trinajstić information content (AvgIpc) is 2.09. The van der Waals surface area contributed by atoms with Crippen molar-refractivity contribution in [1.29, 1.82) is 0 Å². The quantitative estimate of drug-likeness (QED) is 0.338. The molecule has 0 spiro atoms. The number of hydrazone groups is 1. The summed E-state index contributed by atoms with van der Waals surface area (Å²) in [5, 5.41) is 2.92. The van der Waals surface area contributed by atoms with Gasteiger partial charge in [0.25, 0.3) is 0 Å². The molecule has 0 aliphatic rings. The first-order valence-corrected chi connectivity index (χ1v) is 3.65. The van der Waals surface area contributed by atoms with E-state index in [1.54, 1.807) is 0 Å². The molecule has 0 saturated carbocycles. The highest BCUT2D eigenvalue weighted by atomic mass is 19.4. The van der Waals surface area contributed by atoms with Crippen LogP contribution in [0.2, 0.25) is 0 Å². The summed E-state index contributed by atoms with van der Waals surface area (Å²) in [6, 6.07) is 0.996. The first-order chi connectivity index (χ1) is 6.86.